The Morgan fingerprint density at radius 2 is 1.88 bits per heavy atom. The van der Waals surface area contributed by atoms with Crippen molar-refractivity contribution in [2.24, 2.45) is 0 Å². The van der Waals surface area contributed by atoms with E-state index in [2.05, 4.69) is 27.7 Å². The minimum Gasteiger partial charge on any atom is -0.383 e. The third-order valence-electron chi connectivity index (χ3n) is 3.95. The number of benzene rings is 1. The maximum absolute atomic E-state index is 12.1. The number of ether oxygens (including phenoxy) is 1. The predicted molar refractivity (Wildman–Crippen MR) is 102 cm³/mol. The second-order valence-electron chi connectivity index (χ2n) is 5.71. The van der Waals surface area contributed by atoms with Crippen molar-refractivity contribution in [3.8, 4) is 0 Å². The zero-order valence-electron chi connectivity index (χ0n) is 14.2. The van der Waals surface area contributed by atoms with Gasteiger partial charge in [0.1, 0.15) is 0 Å². The summed E-state index contributed by atoms with van der Waals surface area (Å²) in [6.07, 6.45) is 2.52. The lowest BCUT2D eigenvalue weighted by Gasteiger charge is -2.25. The summed E-state index contributed by atoms with van der Waals surface area (Å²) in [5.41, 5.74) is 1.17. The predicted octanol–water partition coefficient (Wildman–Crippen LogP) is 2.02. The molecule has 1 aromatic carbocycles. The summed E-state index contributed by atoms with van der Waals surface area (Å²) < 4.78 is 4.96. The lowest BCUT2D eigenvalue weighted by Crippen LogP contribution is -2.41. The van der Waals surface area contributed by atoms with Crippen molar-refractivity contribution >= 4 is 30.7 Å². The Morgan fingerprint density at radius 3 is 2.50 bits per heavy atom. The molecule has 1 aliphatic heterocycles. The molecular weight excluding hydrogens is 349 g/mol. The molecule has 7 heteroatoms. The standard InChI is InChI=1S/C17H27N3O2.2ClH/c1-22-12-9-18-13-17(21)19-16(14-20-10-5-6-11-20)15-7-3-2-4-8-15;;/h2-4,7-8,16,18H,5-6,9-14H2,1H3,(H,19,21);2*1H. The van der Waals surface area contributed by atoms with E-state index in [0.717, 1.165) is 19.6 Å². The SMILES string of the molecule is COCCNCC(=O)NC(CN1CCCC1)c1ccccc1.Cl.Cl. The highest BCUT2D eigenvalue weighted by Gasteiger charge is 2.20. The van der Waals surface area contributed by atoms with E-state index >= 15 is 0 Å². The summed E-state index contributed by atoms with van der Waals surface area (Å²) in [6.45, 7) is 4.77. The molecule has 0 aliphatic carbocycles. The van der Waals surface area contributed by atoms with Crippen molar-refractivity contribution in [3.05, 3.63) is 35.9 Å². The van der Waals surface area contributed by atoms with Gasteiger partial charge in [0, 0.05) is 20.2 Å². The number of rotatable bonds is 9. The first-order valence-electron chi connectivity index (χ1n) is 8.06. The summed E-state index contributed by atoms with van der Waals surface area (Å²) in [5.74, 6) is 0.0316. The van der Waals surface area contributed by atoms with Gasteiger partial charge in [-0.15, -0.1) is 24.8 Å². The summed E-state index contributed by atoms with van der Waals surface area (Å²) in [6, 6.07) is 10.3. The van der Waals surface area contributed by atoms with Gasteiger partial charge in [-0.1, -0.05) is 30.3 Å². The van der Waals surface area contributed by atoms with Gasteiger partial charge in [-0.05, 0) is 31.5 Å². The van der Waals surface area contributed by atoms with Gasteiger partial charge in [0.15, 0.2) is 0 Å². The number of nitrogens with one attached hydrogen (secondary N) is 2. The quantitative estimate of drug-likeness (QED) is 0.646. The molecule has 2 N–H and O–H groups in total. The fourth-order valence-electron chi connectivity index (χ4n) is 2.76. The van der Waals surface area contributed by atoms with Crippen LogP contribution in [-0.4, -0.2) is 57.2 Å². The molecule has 1 unspecified atom stereocenters. The second kappa shape index (κ2) is 13.4. The van der Waals surface area contributed by atoms with Gasteiger partial charge in [-0.25, -0.2) is 0 Å². The highest BCUT2D eigenvalue weighted by molar-refractivity contribution is 5.85. The van der Waals surface area contributed by atoms with E-state index < -0.39 is 0 Å². The molecule has 0 bridgehead atoms. The van der Waals surface area contributed by atoms with Gasteiger partial charge in [-0.3, -0.25) is 4.79 Å². The van der Waals surface area contributed by atoms with Gasteiger partial charge in [0.05, 0.1) is 19.2 Å². The molecule has 1 aromatic rings. The molecule has 1 heterocycles. The van der Waals surface area contributed by atoms with Gasteiger partial charge in [0.25, 0.3) is 0 Å². The fourth-order valence-corrected chi connectivity index (χ4v) is 2.76. The normalized spacial score (nSPS) is 15.2. The van der Waals surface area contributed by atoms with Crippen LogP contribution < -0.4 is 10.6 Å². The Hall–Kier alpha value is -0.850. The largest absolute Gasteiger partial charge is 0.383 e. The van der Waals surface area contributed by atoms with E-state index in [-0.39, 0.29) is 36.8 Å². The number of nitrogens with zero attached hydrogens (tertiary/aromatic N) is 1. The zero-order valence-corrected chi connectivity index (χ0v) is 15.8. The van der Waals surface area contributed by atoms with Crippen molar-refractivity contribution in [3.63, 3.8) is 0 Å². The maximum atomic E-state index is 12.1. The number of methoxy groups -OCH3 is 1. The molecule has 0 spiro atoms. The fraction of sp³-hybridized carbons (Fsp3) is 0.588. The minimum absolute atomic E-state index is 0. The second-order valence-corrected chi connectivity index (χ2v) is 5.71. The third-order valence-corrected chi connectivity index (χ3v) is 3.95. The first-order chi connectivity index (χ1) is 10.8. The number of carbonyl (C=O) groups excluding carboxylic acids is 1. The van der Waals surface area contributed by atoms with Gasteiger partial charge >= 0.3 is 0 Å². The Balaban J connectivity index is 0.00000264. The van der Waals surface area contributed by atoms with E-state index in [1.807, 2.05) is 18.2 Å². The van der Waals surface area contributed by atoms with Crippen molar-refractivity contribution in [1.82, 2.24) is 15.5 Å². The Labute approximate surface area is 157 Å². The van der Waals surface area contributed by atoms with E-state index in [1.54, 1.807) is 7.11 Å². The van der Waals surface area contributed by atoms with Crippen LogP contribution in [0.5, 0.6) is 0 Å². The van der Waals surface area contributed by atoms with Crippen molar-refractivity contribution in [2.45, 2.75) is 18.9 Å². The first-order valence-corrected chi connectivity index (χ1v) is 8.06. The Morgan fingerprint density at radius 1 is 1.21 bits per heavy atom. The van der Waals surface area contributed by atoms with E-state index in [4.69, 9.17) is 4.74 Å². The van der Waals surface area contributed by atoms with Gasteiger partial charge < -0.3 is 20.3 Å². The molecule has 24 heavy (non-hydrogen) atoms. The van der Waals surface area contributed by atoms with Crippen LogP contribution >= 0.6 is 24.8 Å². The van der Waals surface area contributed by atoms with Crippen molar-refractivity contribution in [2.75, 3.05) is 46.4 Å². The van der Waals surface area contributed by atoms with Crippen LogP contribution in [0.4, 0.5) is 0 Å². The summed E-state index contributed by atoms with van der Waals surface area (Å²) >= 11 is 0. The molecule has 0 radical (unpaired) electrons. The van der Waals surface area contributed by atoms with Crippen LogP contribution in [0.2, 0.25) is 0 Å². The monoisotopic (exact) mass is 377 g/mol. The topological polar surface area (TPSA) is 53.6 Å². The third kappa shape index (κ3) is 8.31. The molecule has 0 saturated carbocycles. The molecule has 138 valence electrons. The maximum Gasteiger partial charge on any atom is 0.234 e. The average molecular weight is 378 g/mol. The average Bonchev–Trinajstić information content (AvgIpc) is 3.05. The molecule has 1 amide bonds. The van der Waals surface area contributed by atoms with Crippen LogP contribution in [0.1, 0.15) is 24.4 Å². The number of halogens is 2. The van der Waals surface area contributed by atoms with Crippen molar-refractivity contribution in [1.29, 1.82) is 0 Å². The van der Waals surface area contributed by atoms with Crippen LogP contribution in [0.25, 0.3) is 0 Å². The molecule has 1 fully saturated rings. The highest BCUT2D eigenvalue weighted by atomic mass is 35.5. The lowest BCUT2D eigenvalue weighted by atomic mass is 10.1. The van der Waals surface area contributed by atoms with Crippen LogP contribution in [-0.2, 0) is 9.53 Å². The summed E-state index contributed by atoms with van der Waals surface area (Å²) in [5, 5.41) is 6.24. The molecular formula is C17H29Cl2N3O2. The van der Waals surface area contributed by atoms with Crippen LogP contribution in [0.3, 0.4) is 0 Å². The van der Waals surface area contributed by atoms with Gasteiger partial charge in [-0.2, -0.15) is 0 Å². The van der Waals surface area contributed by atoms with E-state index in [0.29, 0.717) is 19.7 Å². The number of likely N-dealkylation sites (tertiary alicyclic amines) is 1. The van der Waals surface area contributed by atoms with E-state index in [9.17, 15) is 4.79 Å². The Bertz CT molecular complexity index is 443. The lowest BCUT2D eigenvalue weighted by molar-refractivity contribution is -0.121. The molecule has 5 nitrogen and oxygen atoms in total. The van der Waals surface area contributed by atoms with Gasteiger partial charge in [0.2, 0.25) is 5.91 Å². The minimum atomic E-state index is 0. The Kier molecular flexibility index (Phi) is 13.0. The van der Waals surface area contributed by atoms with E-state index in [1.165, 1.54) is 18.4 Å². The first kappa shape index (κ1) is 23.1. The molecule has 0 aromatic heterocycles. The van der Waals surface area contributed by atoms with Crippen LogP contribution in [0.15, 0.2) is 30.3 Å². The number of amides is 1. The number of hydrogen-bond donors (Lipinski definition) is 2. The van der Waals surface area contributed by atoms with Crippen molar-refractivity contribution < 1.29 is 9.53 Å². The molecule has 1 atom stereocenters. The smallest absolute Gasteiger partial charge is 0.234 e. The molecule has 1 aliphatic rings. The zero-order chi connectivity index (χ0) is 15.6. The highest BCUT2D eigenvalue weighted by Crippen LogP contribution is 2.17. The summed E-state index contributed by atoms with van der Waals surface area (Å²) in [7, 11) is 1.66. The summed E-state index contributed by atoms with van der Waals surface area (Å²) in [4.78, 5) is 14.6. The van der Waals surface area contributed by atoms with Crippen LogP contribution in [0, 0.1) is 0 Å². The molecule has 1 saturated heterocycles. The molecule has 2 rings (SSSR count). The number of hydrogen-bond acceptors (Lipinski definition) is 4. The number of carbonyl (C=O) groups is 1.